The summed E-state index contributed by atoms with van der Waals surface area (Å²) in [5.41, 5.74) is 9.43. The Labute approximate surface area is 151 Å². The Kier molecular flexibility index (Phi) is 4.11. The van der Waals surface area contributed by atoms with E-state index < -0.39 is 0 Å². The molecular formula is C21H18N4O. The van der Waals surface area contributed by atoms with E-state index >= 15 is 0 Å². The van der Waals surface area contributed by atoms with Crippen molar-refractivity contribution in [3.63, 3.8) is 0 Å². The molecule has 5 nitrogen and oxygen atoms in total. The molecule has 1 aromatic heterocycles. The van der Waals surface area contributed by atoms with Gasteiger partial charge in [0.1, 0.15) is 11.5 Å². The number of nitrogen functional groups attached to an aromatic ring is 1. The number of fused-ring (bicyclic) bond motifs is 1. The van der Waals surface area contributed by atoms with E-state index in [0.717, 1.165) is 39.3 Å². The molecule has 0 aliphatic carbocycles. The zero-order chi connectivity index (χ0) is 17.9. The van der Waals surface area contributed by atoms with E-state index in [2.05, 4.69) is 15.3 Å². The first kappa shape index (κ1) is 15.9. The Morgan fingerprint density at radius 2 is 1.73 bits per heavy atom. The lowest BCUT2D eigenvalue weighted by Gasteiger charge is -2.11. The van der Waals surface area contributed by atoms with Crippen LogP contribution in [-0.2, 0) is 0 Å². The number of aryl methyl sites for hydroxylation is 1. The number of anilines is 3. The lowest BCUT2D eigenvalue weighted by molar-refractivity contribution is 0.479. The molecule has 4 aromatic rings. The number of nitrogens with zero attached hydrogens (tertiary/aromatic N) is 2. The minimum atomic E-state index is 0.258. The molecule has 0 amide bonds. The first-order valence-corrected chi connectivity index (χ1v) is 8.31. The van der Waals surface area contributed by atoms with Gasteiger partial charge in [-0.3, -0.25) is 0 Å². The van der Waals surface area contributed by atoms with Gasteiger partial charge in [0.2, 0.25) is 5.95 Å². The molecule has 1 heterocycles. The molecule has 0 bridgehead atoms. The van der Waals surface area contributed by atoms with Crippen molar-refractivity contribution in [1.29, 1.82) is 0 Å². The zero-order valence-electron chi connectivity index (χ0n) is 14.3. The molecule has 0 saturated carbocycles. The molecule has 3 aromatic carbocycles. The van der Waals surface area contributed by atoms with Crippen molar-refractivity contribution >= 4 is 28.2 Å². The Bertz CT molecular complexity index is 1060. The zero-order valence-corrected chi connectivity index (χ0v) is 14.3. The fourth-order valence-electron chi connectivity index (χ4n) is 2.73. The van der Waals surface area contributed by atoms with Crippen LogP contribution in [0.1, 0.15) is 5.56 Å². The van der Waals surface area contributed by atoms with Gasteiger partial charge in [-0.1, -0.05) is 30.3 Å². The first-order valence-electron chi connectivity index (χ1n) is 8.31. The average Bonchev–Trinajstić information content (AvgIpc) is 2.66. The lowest BCUT2D eigenvalue weighted by atomic mass is 10.2. The van der Waals surface area contributed by atoms with Gasteiger partial charge >= 0.3 is 0 Å². The molecule has 4 rings (SSSR count). The second kappa shape index (κ2) is 6.72. The van der Waals surface area contributed by atoms with Crippen molar-refractivity contribution in [2.75, 3.05) is 11.1 Å². The fraction of sp³-hybridized carbons (Fsp3) is 0.0476. The maximum atomic E-state index is 5.94. The predicted molar refractivity (Wildman–Crippen MR) is 105 cm³/mol. The minimum Gasteiger partial charge on any atom is -0.457 e. The predicted octanol–water partition coefficient (Wildman–Crippen LogP) is 5.06. The van der Waals surface area contributed by atoms with E-state index in [-0.39, 0.29) is 5.95 Å². The molecule has 26 heavy (non-hydrogen) atoms. The molecule has 0 aliphatic rings. The first-order chi connectivity index (χ1) is 12.7. The summed E-state index contributed by atoms with van der Waals surface area (Å²) in [5, 5.41) is 4.31. The Morgan fingerprint density at radius 3 is 2.54 bits per heavy atom. The van der Waals surface area contributed by atoms with Crippen molar-refractivity contribution in [3.05, 3.63) is 78.5 Å². The lowest BCUT2D eigenvalue weighted by Crippen LogP contribution is -1.97. The fourth-order valence-corrected chi connectivity index (χ4v) is 2.73. The molecule has 0 aliphatic heterocycles. The van der Waals surface area contributed by atoms with Gasteiger partial charge in [0.05, 0.1) is 11.2 Å². The smallest absolute Gasteiger partial charge is 0.220 e. The maximum Gasteiger partial charge on any atom is 0.220 e. The topological polar surface area (TPSA) is 73.1 Å². The largest absolute Gasteiger partial charge is 0.457 e. The highest BCUT2D eigenvalue weighted by molar-refractivity contribution is 5.92. The van der Waals surface area contributed by atoms with Gasteiger partial charge in [0, 0.05) is 17.3 Å². The summed E-state index contributed by atoms with van der Waals surface area (Å²) in [6.07, 6.45) is 1.72. The normalized spacial score (nSPS) is 10.7. The van der Waals surface area contributed by atoms with Crippen LogP contribution in [0.25, 0.3) is 10.9 Å². The highest BCUT2D eigenvalue weighted by Crippen LogP contribution is 2.28. The van der Waals surface area contributed by atoms with Crippen molar-refractivity contribution in [2.45, 2.75) is 6.92 Å². The summed E-state index contributed by atoms with van der Waals surface area (Å²) < 4.78 is 5.94. The molecule has 3 N–H and O–H groups in total. The van der Waals surface area contributed by atoms with E-state index in [1.165, 1.54) is 0 Å². The number of benzene rings is 3. The van der Waals surface area contributed by atoms with Crippen molar-refractivity contribution < 1.29 is 4.74 Å². The van der Waals surface area contributed by atoms with Crippen LogP contribution < -0.4 is 15.8 Å². The quantitative estimate of drug-likeness (QED) is 0.542. The van der Waals surface area contributed by atoms with Gasteiger partial charge in [0.15, 0.2) is 0 Å². The van der Waals surface area contributed by atoms with Gasteiger partial charge in [0.25, 0.3) is 0 Å². The molecule has 0 unspecified atom stereocenters. The third-order valence-electron chi connectivity index (χ3n) is 4.08. The molecule has 5 heteroatoms. The second-order valence-corrected chi connectivity index (χ2v) is 5.99. The SMILES string of the molecule is Cc1ccccc1Oc1ccc(Nc2cccc3cnc(N)nc23)cc1. The maximum absolute atomic E-state index is 5.94. The van der Waals surface area contributed by atoms with Crippen LogP contribution in [0.3, 0.4) is 0 Å². The standard InChI is InChI=1S/C21H18N4O/c1-14-5-2-3-8-19(14)26-17-11-9-16(10-12-17)24-18-7-4-6-15-13-23-21(22)25-20(15)18/h2-13,24H,1H3,(H2,22,23,25). The summed E-state index contributed by atoms with van der Waals surface area (Å²) in [6.45, 7) is 2.03. The second-order valence-electron chi connectivity index (χ2n) is 5.99. The van der Waals surface area contributed by atoms with E-state index in [1.807, 2.05) is 73.7 Å². The number of rotatable bonds is 4. The molecular weight excluding hydrogens is 324 g/mol. The van der Waals surface area contributed by atoms with E-state index in [0.29, 0.717) is 0 Å². The Balaban J connectivity index is 1.57. The number of aromatic nitrogens is 2. The van der Waals surface area contributed by atoms with Crippen LogP contribution in [0.15, 0.2) is 72.9 Å². The van der Waals surface area contributed by atoms with Crippen LogP contribution in [-0.4, -0.2) is 9.97 Å². The summed E-state index contributed by atoms with van der Waals surface area (Å²) >= 11 is 0. The molecule has 0 radical (unpaired) electrons. The number of para-hydroxylation sites is 2. The molecule has 0 saturated heterocycles. The number of nitrogens with two attached hydrogens (primary N) is 1. The monoisotopic (exact) mass is 342 g/mol. The van der Waals surface area contributed by atoms with E-state index in [1.54, 1.807) is 6.20 Å². The van der Waals surface area contributed by atoms with Crippen molar-refractivity contribution in [3.8, 4) is 11.5 Å². The summed E-state index contributed by atoms with van der Waals surface area (Å²) in [5.74, 6) is 1.90. The van der Waals surface area contributed by atoms with Gasteiger partial charge < -0.3 is 15.8 Å². The van der Waals surface area contributed by atoms with Crippen LogP contribution >= 0.6 is 0 Å². The van der Waals surface area contributed by atoms with Crippen molar-refractivity contribution in [2.24, 2.45) is 0 Å². The highest BCUT2D eigenvalue weighted by Gasteiger charge is 2.05. The number of hydrogen-bond acceptors (Lipinski definition) is 5. The Morgan fingerprint density at radius 1 is 0.923 bits per heavy atom. The number of ether oxygens (including phenoxy) is 1. The summed E-state index contributed by atoms with van der Waals surface area (Å²) in [6, 6.07) is 21.6. The van der Waals surface area contributed by atoms with Gasteiger partial charge in [-0.05, 0) is 48.9 Å². The highest BCUT2D eigenvalue weighted by atomic mass is 16.5. The molecule has 0 spiro atoms. The Hall–Kier alpha value is -3.60. The van der Waals surface area contributed by atoms with E-state index in [4.69, 9.17) is 10.5 Å². The number of hydrogen-bond donors (Lipinski definition) is 2. The number of nitrogens with one attached hydrogen (secondary N) is 1. The van der Waals surface area contributed by atoms with Crippen LogP contribution in [0.4, 0.5) is 17.3 Å². The van der Waals surface area contributed by atoms with Gasteiger partial charge in [-0.15, -0.1) is 0 Å². The molecule has 0 fully saturated rings. The van der Waals surface area contributed by atoms with Crippen LogP contribution in [0.2, 0.25) is 0 Å². The minimum absolute atomic E-state index is 0.258. The summed E-state index contributed by atoms with van der Waals surface area (Å²) in [4.78, 5) is 8.37. The third kappa shape index (κ3) is 3.28. The van der Waals surface area contributed by atoms with Crippen LogP contribution in [0, 0.1) is 6.92 Å². The van der Waals surface area contributed by atoms with Crippen molar-refractivity contribution in [1.82, 2.24) is 9.97 Å². The molecule has 0 atom stereocenters. The third-order valence-corrected chi connectivity index (χ3v) is 4.08. The summed E-state index contributed by atoms with van der Waals surface area (Å²) in [7, 11) is 0. The van der Waals surface area contributed by atoms with Crippen LogP contribution in [0.5, 0.6) is 11.5 Å². The van der Waals surface area contributed by atoms with Gasteiger partial charge in [-0.2, -0.15) is 0 Å². The van der Waals surface area contributed by atoms with E-state index in [9.17, 15) is 0 Å². The molecule has 128 valence electrons. The van der Waals surface area contributed by atoms with Gasteiger partial charge in [-0.25, -0.2) is 9.97 Å². The average molecular weight is 342 g/mol.